The van der Waals surface area contributed by atoms with E-state index in [1.54, 1.807) is 36.4 Å². The van der Waals surface area contributed by atoms with E-state index in [4.69, 9.17) is 17.3 Å². The minimum Gasteiger partial charge on any atom is -0.396 e. The normalized spacial score (nSPS) is 11.8. The number of unbranched alkanes of at least 4 members (excludes halogenated alkanes) is 6. The average Bonchev–Trinajstić information content (AvgIpc) is 2.96. The van der Waals surface area contributed by atoms with Crippen molar-refractivity contribution in [3.05, 3.63) is 59.7 Å². The molecule has 1 unspecified atom stereocenters. The molecule has 0 saturated heterocycles. The first-order chi connectivity index (χ1) is 20.5. The Labute approximate surface area is 261 Å². The van der Waals surface area contributed by atoms with Crippen molar-refractivity contribution in [3.63, 3.8) is 0 Å². The van der Waals surface area contributed by atoms with Gasteiger partial charge in [-0.3, -0.25) is 19.7 Å². The Kier molecular flexibility index (Phi) is 15.9. The standard InChI is InChI=1S/C33H48N4O5S/c1-33(2,3)25-16-14-24(15-17-25)30(41)37-32(43)36-27-20-18-26(19-21-27)35-29(40)13-8-6-4-5-7-10-22-34-31(42)28(39)12-9-11-23-38/h14-21,28,38-39H,4-13,22-23H2,1-3H3,(H,34,42)(H,35,40)(H2,36,37,41,43). The van der Waals surface area contributed by atoms with E-state index in [1.807, 2.05) is 12.1 Å². The summed E-state index contributed by atoms with van der Waals surface area (Å²) in [5.41, 5.74) is 3.06. The van der Waals surface area contributed by atoms with E-state index >= 15 is 0 Å². The number of amides is 3. The Morgan fingerprint density at radius 1 is 0.791 bits per heavy atom. The molecule has 3 amide bonds. The molecule has 0 bridgehead atoms. The Bertz CT molecular complexity index is 1160. The number of carbonyl (C=O) groups excluding carboxylic acids is 3. The van der Waals surface area contributed by atoms with Gasteiger partial charge >= 0.3 is 0 Å². The lowest BCUT2D eigenvalue weighted by atomic mass is 9.87. The summed E-state index contributed by atoms with van der Waals surface area (Å²) in [5.74, 6) is -0.671. The number of nitrogens with one attached hydrogen (secondary N) is 4. The van der Waals surface area contributed by atoms with Gasteiger partial charge in [0.2, 0.25) is 11.8 Å². The van der Waals surface area contributed by atoms with Crippen LogP contribution in [0.25, 0.3) is 0 Å². The molecule has 9 nitrogen and oxygen atoms in total. The molecule has 0 radical (unpaired) electrons. The van der Waals surface area contributed by atoms with Crippen LogP contribution in [0.5, 0.6) is 0 Å². The Morgan fingerprint density at radius 2 is 1.37 bits per heavy atom. The van der Waals surface area contributed by atoms with Crippen molar-refractivity contribution in [1.82, 2.24) is 10.6 Å². The highest BCUT2D eigenvalue weighted by Crippen LogP contribution is 2.22. The SMILES string of the molecule is CC(C)(C)c1ccc(C(=O)NC(=S)Nc2ccc(NC(=O)CCCCCCCCNC(=O)C(O)CCCCO)cc2)cc1. The molecular formula is C33H48N4O5S. The van der Waals surface area contributed by atoms with Gasteiger partial charge in [0, 0.05) is 36.5 Å². The van der Waals surface area contributed by atoms with Crippen LogP contribution >= 0.6 is 12.2 Å². The second-order valence-electron chi connectivity index (χ2n) is 11.8. The molecule has 2 aromatic carbocycles. The molecule has 0 aromatic heterocycles. The van der Waals surface area contributed by atoms with Crippen molar-refractivity contribution in [1.29, 1.82) is 0 Å². The lowest BCUT2D eigenvalue weighted by Gasteiger charge is -2.19. The summed E-state index contributed by atoms with van der Waals surface area (Å²) in [6.07, 6.45) is 6.64. The fourth-order valence-electron chi connectivity index (χ4n) is 4.35. The number of rotatable bonds is 17. The van der Waals surface area contributed by atoms with Gasteiger partial charge in [0.15, 0.2) is 5.11 Å². The van der Waals surface area contributed by atoms with Crippen LogP contribution in [0.3, 0.4) is 0 Å². The highest BCUT2D eigenvalue weighted by atomic mass is 32.1. The minimum atomic E-state index is -1.01. The van der Waals surface area contributed by atoms with Gasteiger partial charge < -0.3 is 26.2 Å². The van der Waals surface area contributed by atoms with E-state index in [0.29, 0.717) is 49.2 Å². The third kappa shape index (κ3) is 14.6. The number of benzene rings is 2. The summed E-state index contributed by atoms with van der Waals surface area (Å²) in [7, 11) is 0. The molecule has 10 heteroatoms. The van der Waals surface area contributed by atoms with E-state index < -0.39 is 6.10 Å². The third-order valence-corrected chi connectivity index (χ3v) is 7.19. The number of aliphatic hydroxyl groups excluding tert-OH is 2. The van der Waals surface area contributed by atoms with Crippen LogP contribution in [0.4, 0.5) is 11.4 Å². The van der Waals surface area contributed by atoms with E-state index in [9.17, 15) is 19.5 Å². The van der Waals surface area contributed by atoms with E-state index in [0.717, 1.165) is 44.1 Å². The first-order valence-electron chi connectivity index (χ1n) is 15.2. The molecule has 0 spiro atoms. The number of anilines is 2. The number of aliphatic hydroxyl groups is 2. The summed E-state index contributed by atoms with van der Waals surface area (Å²) in [6, 6.07) is 14.6. The van der Waals surface area contributed by atoms with Crippen LogP contribution in [0.15, 0.2) is 48.5 Å². The van der Waals surface area contributed by atoms with Crippen molar-refractivity contribution in [2.75, 3.05) is 23.8 Å². The summed E-state index contributed by atoms with van der Waals surface area (Å²) < 4.78 is 0. The van der Waals surface area contributed by atoms with Crippen LogP contribution < -0.4 is 21.3 Å². The zero-order valence-corrected chi connectivity index (χ0v) is 26.5. The fourth-order valence-corrected chi connectivity index (χ4v) is 4.56. The second kappa shape index (κ2) is 19.0. The van der Waals surface area contributed by atoms with Crippen molar-refractivity contribution in [2.45, 2.75) is 96.5 Å². The predicted octanol–water partition coefficient (Wildman–Crippen LogP) is 5.42. The zero-order valence-electron chi connectivity index (χ0n) is 25.7. The van der Waals surface area contributed by atoms with Gasteiger partial charge in [-0.2, -0.15) is 0 Å². The molecule has 0 fully saturated rings. The third-order valence-electron chi connectivity index (χ3n) is 6.98. The largest absolute Gasteiger partial charge is 0.396 e. The smallest absolute Gasteiger partial charge is 0.257 e. The molecule has 236 valence electrons. The van der Waals surface area contributed by atoms with Crippen LogP contribution in [-0.2, 0) is 15.0 Å². The van der Waals surface area contributed by atoms with Crippen LogP contribution in [0, 0.1) is 0 Å². The fraction of sp³-hybridized carbons (Fsp3) is 0.515. The molecule has 0 heterocycles. The molecule has 43 heavy (non-hydrogen) atoms. The Morgan fingerprint density at radius 3 is 1.98 bits per heavy atom. The lowest BCUT2D eigenvalue weighted by molar-refractivity contribution is -0.129. The number of carbonyl (C=O) groups is 3. The monoisotopic (exact) mass is 612 g/mol. The zero-order chi connectivity index (χ0) is 31.7. The summed E-state index contributed by atoms with van der Waals surface area (Å²) >= 11 is 5.29. The maximum Gasteiger partial charge on any atom is 0.257 e. The first kappa shape index (κ1) is 35.9. The van der Waals surface area contributed by atoms with E-state index in [1.165, 1.54) is 0 Å². The van der Waals surface area contributed by atoms with E-state index in [2.05, 4.69) is 42.0 Å². The number of thiocarbonyl (C=S) groups is 1. The molecule has 0 aliphatic rings. The van der Waals surface area contributed by atoms with Gasteiger partial charge in [-0.05, 0) is 91.7 Å². The van der Waals surface area contributed by atoms with Gasteiger partial charge in [-0.25, -0.2) is 0 Å². The first-order valence-corrected chi connectivity index (χ1v) is 15.6. The van der Waals surface area contributed by atoms with Crippen molar-refractivity contribution < 1.29 is 24.6 Å². The maximum absolute atomic E-state index is 12.5. The van der Waals surface area contributed by atoms with Crippen LogP contribution in [0.1, 0.15) is 101 Å². The second-order valence-corrected chi connectivity index (χ2v) is 12.2. The molecule has 1 atom stereocenters. The van der Waals surface area contributed by atoms with Gasteiger partial charge in [0.25, 0.3) is 5.91 Å². The number of hydrogen-bond acceptors (Lipinski definition) is 6. The highest BCUT2D eigenvalue weighted by molar-refractivity contribution is 7.80. The molecule has 2 aromatic rings. The Hall–Kier alpha value is -3.34. The topological polar surface area (TPSA) is 140 Å². The van der Waals surface area contributed by atoms with Gasteiger partial charge in [-0.1, -0.05) is 58.6 Å². The van der Waals surface area contributed by atoms with Gasteiger partial charge in [-0.15, -0.1) is 0 Å². The number of hydrogen-bond donors (Lipinski definition) is 6. The highest BCUT2D eigenvalue weighted by Gasteiger charge is 2.15. The quantitative estimate of drug-likeness (QED) is 0.104. The molecule has 6 N–H and O–H groups in total. The minimum absolute atomic E-state index is 0.0103. The summed E-state index contributed by atoms with van der Waals surface area (Å²) in [6.45, 7) is 6.97. The predicted molar refractivity (Wildman–Crippen MR) is 176 cm³/mol. The molecule has 0 aliphatic heterocycles. The van der Waals surface area contributed by atoms with Crippen molar-refractivity contribution in [3.8, 4) is 0 Å². The molecular weight excluding hydrogens is 564 g/mol. The average molecular weight is 613 g/mol. The molecule has 2 rings (SSSR count). The van der Waals surface area contributed by atoms with Crippen LogP contribution in [-0.4, -0.2) is 52.3 Å². The Balaban J connectivity index is 1.57. The lowest BCUT2D eigenvalue weighted by Crippen LogP contribution is -2.35. The summed E-state index contributed by atoms with van der Waals surface area (Å²) in [5, 5.41) is 30.0. The van der Waals surface area contributed by atoms with Gasteiger partial charge in [0.05, 0.1) is 0 Å². The van der Waals surface area contributed by atoms with E-state index in [-0.39, 0.29) is 34.9 Å². The van der Waals surface area contributed by atoms with Crippen molar-refractivity contribution >= 4 is 46.4 Å². The van der Waals surface area contributed by atoms with Gasteiger partial charge in [0.1, 0.15) is 6.10 Å². The molecule has 0 aliphatic carbocycles. The maximum atomic E-state index is 12.5. The summed E-state index contributed by atoms with van der Waals surface area (Å²) in [4.78, 5) is 36.6. The van der Waals surface area contributed by atoms with Crippen LogP contribution in [0.2, 0.25) is 0 Å². The molecule has 0 saturated carbocycles. The van der Waals surface area contributed by atoms with Crippen molar-refractivity contribution in [2.24, 2.45) is 0 Å².